The van der Waals surface area contributed by atoms with Crippen molar-refractivity contribution in [2.45, 2.75) is 65.0 Å². The summed E-state index contributed by atoms with van der Waals surface area (Å²) in [6.07, 6.45) is 7.21. The van der Waals surface area contributed by atoms with Gasteiger partial charge in [-0.05, 0) is 76.6 Å². The van der Waals surface area contributed by atoms with Gasteiger partial charge in [0, 0.05) is 31.9 Å². The molecule has 1 aliphatic rings. The fourth-order valence-corrected chi connectivity index (χ4v) is 4.42. The van der Waals surface area contributed by atoms with Crippen molar-refractivity contribution in [3.05, 3.63) is 63.6 Å². The van der Waals surface area contributed by atoms with Crippen molar-refractivity contribution in [1.29, 1.82) is 10.5 Å². The van der Waals surface area contributed by atoms with Crippen LogP contribution in [0.3, 0.4) is 0 Å². The van der Waals surface area contributed by atoms with E-state index in [1.807, 2.05) is 38.8 Å². The second-order valence-electron chi connectivity index (χ2n) is 10.8. The number of nitriles is 2. The van der Waals surface area contributed by atoms with Gasteiger partial charge in [-0.15, -0.1) is 0 Å². The average Bonchev–Trinajstić information content (AvgIpc) is 2.91. The topological polar surface area (TPSA) is 120 Å². The maximum absolute atomic E-state index is 12.6. The number of hydrogen-bond donors (Lipinski definition) is 0. The van der Waals surface area contributed by atoms with Gasteiger partial charge in [0.05, 0.1) is 17.4 Å². The molecule has 0 atom stereocenters. The Hall–Kier alpha value is -4.31. The number of anilines is 1. The fourth-order valence-electron chi connectivity index (χ4n) is 4.42. The van der Waals surface area contributed by atoms with Crippen molar-refractivity contribution in [3.63, 3.8) is 0 Å². The van der Waals surface area contributed by atoms with E-state index in [1.165, 1.54) is 23.0 Å². The van der Waals surface area contributed by atoms with E-state index in [-0.39, 0.29) is 28.5 Å². The molecule has 0 radical (unpaired) electrons. The summed E-state index contributed by atoms with van der Waals surface area (Å²) < 4.78 is 13.8. The Morgan fingerprint density at radius 1 is 1.15 bits per heavy atom. The van der Waals surface area contributed by atoms with Gasteiger partial charge in [0.25, 0.3) is 5.56 Å². The Kier molecular flexibility index (Phi) is 9.37. The minimum Gasteiger partial charge on any atom is -0.390 e. The zero-order valence-electron chi connectivity index (χ0n) is 23.3. The maximum Gasteiger partial charge on any atom is 0.270 e. The number of halogens is 1. The first-order chi connectivity index (χ1) is 18.4. The van der Waals surface area contributed by atoms with Crippen LogP contribution in [0, 0.1) is 34.5 Å². The number of aromatic nitrogens is 3. The van der Waals surface area contributed by atoms with Crippen molar-refractivity contribution >= 4 is 22.9 Å². The quantitative estimate of drug-likeness (QED) is 0.262. The highest BCUT2D eigenvalue weighted by atomic mass is 19.1. The van der Waals surface area contributed by atoms with Gasteiger partial charge in [0.15, 0.2) is 0 Å². The lowest BCUT2D eigenvalue weighted by Crippen LogP contribution is -2.37. The first-order valence-electron chi connectivity index (χ1n) is 12.8. The van der Waals surface area contributed by atoms with E-state index < -0.39 is 5.95 Å². The molecule has 1 saturated carbocycles. The van der Waals surface area contributed by atoms with E-state index in [4.69, 9.17) is 4.84 Å². The van der Waals surface area contributed by atoms with Gasteiger partial charge in [0.2, 0.25) is 5.95 Å². The minimum atomic E-state index is -0.501. The monoisotopic (exact) mass is 531 g/mol. The van der Waals surface area contributed by atoms with Gasteiger partial charge >= 0.3 is 0 Å². The van der Waals surface area contributed by atoms with Gasteiger partial charge in [0.1, 0.15) is 34.5 Å². The lowest BCUT2D eigenvalue weighted by atomic mass is 9.86. The lowest BCUT2D eigenvalue weighted by molar-refractivity contribution is 0.00199. The third-order valence-electron chi connectivity index (χ3n) is 6.61. The Bertz CT molecular complexity index is 1470. The molecule has 0 saturated heterocycles. The predicted octanol–water partition coefficient (Wildman–Crippen LogP) is 5.06. The molecule has 1 aliphatic carbocycles. The Labute approximate surface area is 228 Å². The molecule has 4 rings (SSSR count). The SMILES string of the molecule is CC(C)(C)O/N=C\c1ccc(F)nc1.CC1CCC(N(C)c2c(C#N)c(=O)n(C)c3ccc(C#N)nc23)CC1. The van der Waals surface area contributed by atoms with E-state index in [9.17, 15) is 19.7 Å². The molecule has 0 spiro atoms. The smallest absolute Gasteiger partial charge is 0.270 e. The molecular weight excluding hydrogens is 497 g/mol. The predicted molar refractivity (Wildman–Crippen MR) is 149 cm³/mol. The summed E-state index contributed by atoms with van der Waals surface area (Å²) in [6.45, 7) is 7.94. The van der Waals surface area contributed by atoms with E-state index in [0.29, 0.717) is 28.2 Å². The highest BCUT2D eigenvalue weighted by molar-refractivity contribution is 5.92. The molecule has 0 bridgehead atoms. The minimum absolute atomic E-state index is 0.0960. The molecule has 3 aromatic rings. The van der Waals surface area contributed by atoms with Crippen LogP contribution >= 0.6 is 0 Å². The number of hydrogen-bond acceptors (Lipinski definition) is 8. The summed E-state index contributed by atoms with van der Waals surface area (Å²) >= 11 is 0. The third kappa shape index (κ3) is 7.38. The zero-order chi connectivity index (χ0) is 28.7. The van der Waals surface area contributed by atoms with Crippen molar-refractivity contribution in [2.75, 3.05) is 11.9 Å². The Morgan fingerprint density at radius 2 is 1.85 bits per heavy atom. The molecule has 0 aromatic carbocycles. The van der Waals surface area contributed by atoms with Crippen LogP contribution in [0.2, 0.25) is 0 Å². The normalized spacial score (nSPS) is 17.2. The summed E-state index contributed by atoms with van der Waals surface area (Å²) in [5, 5.41) is 22.6. The number of aryl methyl sites for hydroxylation is 1. The van der Waals surface area contributed by atoms with Gasteiger partial charge in [-0.3, -0.25) is 4.79 Å². The molecule has 0 N–H and O–H groups in total. The summed E-state index contributed by atoms with van der Waals surface area (Å²) in [5.41, 5.74) is 2.16. The summed E-state index contributed by atoms with van der Waals surface area (Å²) in [6, 6.07) is 10.6. The molecule has 3 heterocycles. The van der Waals surface area contributed by atoms with E-state index in [0.717, 1.165) is 25.7 Å². The Morgan fingerprint density at radius 3 is 2.41 bits per heavy atom. The summed E-state index contributed by atoms with van der Waals surface area (Å²) in [5.74, 6) is 0.211. The van der Waals surface area contributed by atoms with E-state index in [1.54, 1.807) is 25.2 Å². The van der Waals surface area contributed by atoms with E-state index >= 15 is 0 Å². The van der Waals surface area contributed by atoms with Gasteiger partial charge in [-0.25, -0.2) is 9.97 Å². The number of nitrogens with zero attached hydrogens (tertiary/aromatic N) is 7. The second kappa shape index (κ2) is 12.5. The molecule has 3 aromatic heterocycles. The fraction of sp³-hybridized carbons (Fsp3) is 0.448. The average molecular weight is 532 g/mol. The van der Waals surface area contributed by atoms with Crippen molar-refractivity contribution < 1.29 is 9.23 Å². The van der Waals surface area contributed by atoms with Crippen LogP contribution in [0.5, 0.6) is 0 Å². The van der Waals surface area contributed by atoms with Gasteiger partial charge in [-0.2, -0.15) is 14.9 Å². The zero-order valence-corrected chi connectivity index (χ0v) is 23.3. The highest BCUT2D eigenvalue weighted by Crippen LogP contribution is 2.33. The molecule has 10 heteroatoms. The first kappa shape index (κ1) is 29.2. The number of pyridine rings is 3. The molecule has 9 nitrogen and oxygen atoms in total. The number of oxime groups is 1. The van der Waals surface area contributed by atoms with Crippen LogP contribution in [0.25, 0.3) is 11.0 Å². The van der Waals surface area contributed by atoms with Crippen molar-refractivity contribution in [2.24, 2.45) is 18.1 Å². The van der Waals surface area contributed by atoms with Crippen LogP contribution in [0.4, 0.5) is 10.1 Å². The van der Waals surface area contributed by atoms with Crippen LogP contribution < -0.4 is 10.5 Å². The lowest BCUT2D eigenvalue weighted by Gasteiger charge is -2.35. The maximum atomic E-state index is 12.6. The van der Waals surface area contributed by atoms with E-state index in [2.05, 4.69) is 28.1 Å². The molecule has 0 unspecified atom stereocenters. The standard InChI is InChI=1S/C19H21N5O.C10H13FN2O/c1-12-4-7-14(8-5-12)23(2)18-15(11-21)19(25)24(3)16-9-6-13(10-20)22-17(16)18;1-10(2,3)14-13-7-8-4-5-9(11)12-6-8/h6,9,12,14H,4-5,7-8H2,1-3H3;4-7H,1-3H3/b;13-7-. The van der Waals surface area contributed by atoms with Crippen molar-refractivity contribution in [3.8, 4) is 12.1 Å². The molecule has 1 fully saturated rings. The van der Waals surface area contributed by atoms with Gasteiger partial charge < -0.3 is 14.3 Å². The molecule has 39 heavy (non-hydrogen) atoms. The molecule has 0 amide bonds. The second-order valence-corrected chi connectivity index (χ2v) is 10.8. The highest BCUT2D eigenvalue weighted by Gasteiger charge is 2.27. The molecule has 204 valence electrons. The number of rotatable bonds is 4. The first-order valence-corrected chi connectivity index (χ1v) is 12.8. The van der Waals surface area contributed by atoms with Crippen LogP contribution in [-0.2, 0) is 11.9 Å². The van der Waals surface area contributed by atoms with Crippen LogP contribution in [0.15, 0.2) is 40.4 Å². The molecular formula is C29H34FN7O2. The summed E-state index contributed by atoms with van der Waals surface area (Å²) in [4.78, 5) is 27.7. The summed E-state index contributed by atoms with van der Waals surface area (Å²) in [7, 11) is 3.56. The third-order valence-corrected chi connectivity index (χ3v) is 6.61. The molecule has 0 aliphatic heterocycles. The van der Waals surface area contributed by atoms with Crippen LogP contribution in [-0.4, -0.2) is 39.4 Å². The number of fused-ring (bicyclic) bond motifs is 1. The van der Waals surface area contributed by atoms with Crippen LogP contribution in [0.1, 0.15) is 70.2 Å². The Balaban J connectivity index is 0.000000255. The largest absolute Gasteiger partial charge is 0.390 e. The van der Waals surface area contributed by atoms with Gasteiger partial charge in [-0.1, -0.05) is 12.1 Å². The van der Waals surface area contributed by atoms with Crippen molar-refractivity contribution in [1.82, 2.24) is 14.5 Å².